The number of aldehydes is 1. The van der Waals surface area contributed by atoms with Gasteiger partial charge in [-0.2, -0.15) is 0 Å². The van der Waals surface area contributed by atoms with Crippen molar-refractivity contribution in [2.75, 3.05) is 6.61 Å². The zero-order valence-corrected chi connectivity index (χ0v) is 7.49. The van der Waals surface area contributed by atoms with Crippen molar-refractivity contribution in [3.63, 3.8) is 0 Å². The lowest BCUT2D eigenvalue weighted by molar-refractivity contribution is 0.0523. The first-order chi connectivity index (χ1) is 6.19. The van der Waals surface area contributed by atoms with Gasteiger partial charge in [0.2, 0.25) is 0 Å². The molecule has 0 N–H and O–H groups in total. The summed E-state index contributed by atoms with van der Waals surface area (Å²) in [7, 11) is 0. The predicted octanol–water partition coefficient (Wildman–Crippen LogP) is 1.58. The maximum absolute atomic E-state index is 11.2. The van der Waals surface area contributed by atoms with Gasteiger partial charge >= 0.3 is 5.97 Å². The third-order valence-electron chi connectivity index (χ3n) is 1.49. The Morgan fingerprint density at radius 3 is 2.92 bits per heavy atom. The zero-order valence-electron chi connectivity index (χ0n) is 7.49. The van der Waals surface area contributed by atoms with Crippen molar-refractivity contribution in [2.45, 2.75) is 13.8 Å². The summed E-state index contributed by atoms with van der Waals surface area (Å²) in [5.74, 6) is 0.0163. The fourth-order valence-electron chi connectivity index (χ4n) is 0.988. The molecule has 4 nitrogen and oxygen atoms in total. The Kier molecular flexibility index (Phi) is 2.84. The number of hydrogen-bond acceptors (Lipinski definition) is 4. The summed E-state index contributed by atoms with van der Waals surface area (Å²) in [6, 6.07) is 1.49. The van der Waals surface area contributed by atoms with Gasteiger partial charge in [-0.1, -0.05) is 0 Å². The van der Waals surface area contributed by atoms with Crippen molar-refractivity contribution in [3.8, 4) is 0 Å². The molecule has 0 saturated heterocycles. The molecular weight excluding hydrogens is 172 g/mol. The van der Waals surface area contributed by atoms with Gasteiger partial charge in [-0.3, -0.25) is 4.79 Å². The minimum atomic E-state index is -0.526. The molecule has 1 aromatic heterocycles. The third kappa shape index (κ3) is 1.96. The van der Waals surface area contributed by atoms with Crippen LogP contribution in [0.1, 0.15) is 33.6 Å². The zero-order chi connectivity index (χ0) is 9.84. The predicted molar refractivity (Wildman–Crippen MR) is 44.8 cm³/mol. The van der Waals surface area contributed by atoms with E-state index in [1.165, 1.54) is 6.07 Å². The lowest BCUT2D eigenvalue weighted by atomic mass is 10.2. The minimum Gasteiger partial charge on any atom is -0.462 e. The molecule has 70 valence electrons. The van der Waals surface area contributed by atoms with Gasteiger partial charge in [0.05, 0.1) is 6.61 Å². The Balaban J connectivity index is 2.98. The van der Waals surface area contributed by atoms with Gasteiger partial charge in [0.15, 0.2) is 12.0 Å². The van der Waals surface area contributed by atoms with Gasteiger partial charge in [-0.15, -0.1) is 0 Å². The number of furan rings is 1. The molecule has 0 amide bonds. The minimum absolute atomic E-state index is 0.0240. The molecule has 4 heteroatoms. The maximum Gasteiger partial charge on any atom is 0.342 e. The summed E-state index contributed by atoms with van der Waals surface area (Å²) in [6.07, 6.45) is 0.499. The summed E-state index contributed by atoms with van der Waals surface area (Å²) in [4.78, 5) is 21.6. The van der Waals surface area contributed by atoms with Crippen LogP contribution >= 0.6 is 0 Å². The van der Waals surface area contributed by atoms with Crippen molar-refractivity contribution in [2.24, 2.45) is 0 Å². The van der Waals surface area contributed by atoms with Gasteiger partial charge in [0, 0.05) is 0 Å². The van der Waals surface area contributed by atoms with E-state index in [0.717, 1.165) is 0 Å². The molecule has 0 unspecified atom stereocenters. The Morgan fingerprint density at radius 2 is 2.38 bits per heavy atom. The second-order valence-electron chi connectivity index (χ2n) is 2.47. The van der Waals surface area contributed by atoms with Gasteiger partial charge in [-0.05, 0) is 19.9 Å². The molecule has 0 saturated carbocycles. The quantitative estimate of drug-likeness (QED) is 0.526. The van der Waals surface area contributed by atoms with Crippen molar-refractivity contribution >= 4 is 12.3 Å². The molecule has 0 aliphatic rings. The Morgan fingerprint density at radius 1 is 1.69 bits per heavy atom. The van der Waals surface area contributed by atoms with E-state index in [0.29, 0.717) is 12.0 Å². The van der Waals surface area contributed by atoms with E-state index in [1.807, 2.05) is 0 Å². The Bertz CT molecular complexity index is 324. The average molecular weight is 182 g/mol. The van der Waals surface area contributed by atoms with E-state index in [2.05, 4.69) is 0 Å². The molecule has 0 aromatic carbocycles. The largest absolute Gasteiger partial charge is 0.462 e. The van der Waals surface area contributed by atoms with Gasteiger partial charge < -0.3 is 9.15 Å². The van der Waals surface area contributed by atoms with Gasteiger partial charge in [0.1, 0.15) is 11.3 Å². The Hall–Kier alpha value is -1.58. The fraction of sp³-hybridized carbons (Fsp3) is 0.333. The normalized spacial score (nSPS) is 9.69. The summed E-state index contributed by atoms with van der Waals surface area (Å²) in [5, 5.41) is 0. The molecule has 13 heavy (non-hydrogen) atoms. The van der Waals surface area contributed by atoms with Gasteiger partial charge in [0.25, 0.3) is 0 Å². The molecule has 0 atom stereocenters. The van der Waals surface area contributed by atoms with Crippen LogP contribution in [0.4, 0.5) is 0 Å². The van der Waals surface area contributed by atoms with Crippen molar-refractivity contribution in [3.05, 3.63) is 23.2 Å². The number of aryl methyl sites for hydroxylation is 1. The second-order valence-corrected chi connectivity index (χ2v) is 2.47. The number of ether oxygens (including phenoxy) is 1. The maximum atomic E-state index is 11.2. The SMILES string of the molecule is CCOC(=O)c1cc(C)oc1C=O. The average Bonchev–Trinajstić information content (AvgIpc) is 2.47. The van der Waals surface area contributed by atoms with Crippen LogP contribution < -0.4 is 0 Å². The van der Waals surface area contributed by atoms with E-state index in [9.17, 15) is 9.59 Å². The second kappa shape index (κ2) is 3.89. The van der Waals surface area contributed by atoms with E-state index in [4.69, 9.17) is 9.15 Å². The number of hydrogen-bond donors (Lipinski definition) is 0. The number of carbonyl (C=O) groups excluding carboxylic acids is 2. The van der Waals surface area contributed by atoms with Crippen molar-refractivity contribution in [1.82, 2.24) is 0 Å². The topological polar surface area (TPSA) is 56.5 Å². The molecule has 0 aliphatic heterocycles. The van der Waals surface area contributed by atoms with Crippen LogP contribution in [-0.4, -0.2) is 18.9 Å². The summed E-state index contributed by atoms with van der Waals surface area (Å²) in [6.45, 7) is 3.64. The Labute approximate surface area is 75.5 Å². The van der Waals surface area contributed by atoms with E-state index in [-0.39, 0.29) is 17.9 Å². The summed E-state index contributed by atoms with van der Waals surface area (Å²) in [5.41, 5.74) is 0.189. The van der Waals surface area contributed by atoms with Crippen molar-refractivity contribution < 1.29 is 18.7 Å². The van der Waals surface area contributed by atoms with Crippen LogP contribution in [-0.2, 0) is 4.74 Å². The van der Waals surface area contributed by atoms with Crippen LogP contribution in [0.25, 0.3) is 0 Å². The first-order valence-electron chi connectivity index (χ1n) is 3.91. The molecule has 1 rings (SSSR count). The lowest BCUT2D eigenvalue weighted by Crippen LogP contribution is -2.05. The highest BCUT2D eigenvalue weighted by molar-refractivity contribution is 5.96. The number of rotatable bonds is 3. The smallest absolute Gasteiger partial charge is 0.342 e. The monoisotopic (exact) mass is 182 g/mol. The molecule has 1 heterocycles. The van der Waals surface area contributed by atoms with E-state index >= 15 is 0 Å². The third-order valence-corrected chi connectivity index (χ3v) is 1.49. The van der Waals surface area contributed by atoms with Crippen LogP contribution in [0.2, 0.25) is 0 Å². The molecule has 0 bridgehead atoms. The van der Waals surface area contributed by atoms with Crippen LogP contribution in [0.15, 0.2) is 10.5 Å². The first-order valence-corrected chi connectivity index (χ1v) is 3.91. The molecular formula is C9H10O4. The molecule has 0 aliphatic carbocycles. The highest BCUT2D eigenvalue weighted by Crippen LogP contribution is 2.13. The molecule has 0 fully saturated rings. The number of esters is 1. The van der Waals surface area contributed by atoms with Gasteiger partial charge in [-0.25, -0.2) is 4.79 Å². The highest BCUT2D eigenvalue weighted by Gasteiger charge is 2.16. The highest BCUT2D eigenvalue weighted by atomic mass is 16.5. The summed E-state index contributed by atoms with van der Waals surface area (Å²) >= 11 is 0. The molecule has 1 aromatic rings. The summed E-state index contributed by atoms with van der Waals surface area (Å²) < 4.78 is 9.69. The molecule has 0 spiro atoms. The van der Waals surface area contributed by atoms with Crippen molar-refractivity contribution in [1.29, 1.82) is 0 Å². The van der Waals surface area contributed by atoms with Crippen LogP contribution in [0.5, 0.6) is 0 Å². The first kappa shape index (κ1) is 9.51. The number of carbonyl (C=O) groups is 2. The van der Waals surface area contributed by atoms with Crippen LogP contribution in [0, 0.1) is 6.92 Å². The van der Waals surface area contributed by atoms with E-state index in [1.54, 1.807) is 13.8 Å². The molecule has 0 radical (unpaired) electrons. The standard InChI is InChI=1S/C9H10O4/c1-3-12-9(11)7-4-6(2)13-8(7)5-10/h4-5H,3H2,1-2H3. The lowest BCUT2D eigenvalue weighted by Gasteiger charge is -1.97. The van der Waals surface area contributed by atoms with Crippen LogP contribution in [0.3, 0.4) is 0 Å². The van der Waals surface area contributed by atoms with E-state index < -0.39 is 5.97 Å². The fourth-order valence-corrected chi connectivity index (χ4v) is 0.988.